The van der Waals surface area contributed by atoms with Crippen LogP contribution in [0, 0.1) is 0 Å². The van der Waals surface area contributed by atoms with E-state index in [9.17, 15) is 4.79 Å². The zero-order valence-electron chi connectivity index (χ0n) is 20.2. The summed E-state index contributed by atoms with van der Waals surface area (Å²) >= 11 is 7.23. The lowest BCUT2D eigenvalue weighted by Crippen LogP contribution is -2.29. The highest BCUT2D eigenvalue weighted by molar-refractivity contribution is 7.99. The maximum absolute atomic E-state index is 13.0. The maximum Gasteiger partial charge on any atom is 0.193 e. The molecule has 0 heterocycles. The Morgan fingerprint density at radius 2 is 1.68 bits per heavy atom. The van der Waals surface area contributed by atoms with Gasteiger partial charge in [-0.25, -0.2) is 0 Å². The molecule has 0 aliphatic rings. The molecule has 178 valence electrons. The number of thioether (sulfide) groups is 1. The van der Waals surface area contributed by atoms with E-state index in [-0.39, 0.29) is 11.2 Å². The molecule has 0 spiro atoms. The zero-order valence-corrected chi connectivity index (χ0v) is 21.8. The van der Waals surface area contributed by atoms with E-state index < -0.39 is 0 Å². The van der Waals surface area contributed by atoms with Gasteiger partial charge in [-0.05, 0) is 71.8 Å². The number of rotatable bonds is 9. The van der Waals surface area contributed by atoms with Crippen molar-refractivity contribution in [1.82, 2.24) is 5.32 Å². The molecule has 0 bridgehead atoms. The number of carbonyl (C=O) groups is 1. The normalized spacial score (nSPS) is 11.1. The molecule has 0 fully saturated rings. The summed E-state index contributed by atoms with van der Waals surface area (Å²) in [6.07, 6.45) is 0.974. The first-order chi connectivity index (χ1) is 16.3. The van der Waals surface area contributed by atoms with E-state index in [4.69, 9.17) is 17.0 Å². The van der Waals surface area contributed by atoms with Gasteiger partial charge in [-0.1, -0.05) is 57.2 Å². The molecule has 4 nitrogen and oxygen atoms in total. The van der Waals surface area contributed by atoms with E-state index >= 15 is 0 Å². The Kier molecular flexibility index (Phi) is 9.13. The third-order valence-electron chi connectivity index (χ3n) is 5.33. The van der Waals surface area contributed by atoms with Gasteiger partial charge in [-0.3, -0.25) is 4.79 Å². The highest BCUT2D eigenvalue weighted by Gasteiger charge is 2.15. The van der Waals surface area contributed by atoms with Crippen molar-refractivity contribution in [2.45, 2.75) is 37.5 Å². The van der Waals surface area contributed by atoms with Gasteiger partial charge in [0, 0.05) is 28.3 Å². The van der Waals surface area contributed by atoms with Crippen LogP contribution < -0.4 is 15.4 Å². The van der Waals surface area contributed by atoms with Crippen molar-refractivity contribution in [3.05, 3.63) is 89.5 Å². The molecule has 3 aromatic carbocycles. The fourth-order valence-electron chi connectivity index (χ4n) is 3.34. The molecule has 0 aliphatic heterocycles. The van der Waals surface area contributed by atoms with Crippen molar-refractivity contribution in [1.29, 1.82) is 0 Å². The number of hydrogen-bond donors (Lipinski definition) is 2. The quantitative estimate of drug-likeness (QED) is 0.150. The molecule has 0 aromatic heterocycles. The van der Waals surface area contributed by atoms with Crippen LogP contribution in [0.1, 0.15) is 48.7 Å². The smallest absolute Gasteiger partial charge is 0.193 e. The predicted octanol–water partition coefficient (Wildman–Crippen LogP) is 6.69. The van der Waals surface area contributed by atoms with Crippen LogP contribution in [0.2, 0.25) is 0 Å². The van der Waals surface area contributed by atoms with Crippen LogP contribution in [0.5, 0.6) is 5.75 Å². The third-order valence-corrected chi connectivity index (χ3v) is 6.68. The van der Waals surface area contributed by atoms with Gasteiger partial charge in [0.1, 0.15) is 5.75 Å². The summed E-state index contributed by atoms with van der Waals surface area (Å²) in [7, 11) is 1.67. The molecule has 0 atom stereocenters. The van der Waals surface area contributed by atoms with Crippen LogP contribution in [-0.4, -0.2) is 30.3 Å². The van der Waals surface area contributed by atoms with Gasteiger partial charge < -0.3 is 15.4 Å². The number of ether oxygens (including phenoxy) is 1. The van der Waals surface area contributed by atoms with Crippen LogP contribution in [0.25, 0.3) is 0 Å². The zero-order chi connectivity index (χ0) is 24.6. The van der Waals surface area contributed by atoms with Gasteiger partial charge in [-0.15, -0.1) is 11.8 Å². The number of benzene rings is 3. The summed E-state index contributed by atoms with van der Waals surface area (Å²) in [6.45, 7) is 7.26. The van der Waals surface area contributed by atoms with Crippen molar-refractivity contribution in [2.75, 3.05) is 24.7 Å². The second-order valence-corrected chi connectivity index (χ2v) is 10.6. The van der Waals surface area contributed by atoms with Crippen molar-refractivity contribution in [3.63, 3.8) is 0 Å². The summed E-state index contributed by atoms with van der Waals surface area (Å²) in [5, 5.41) is 6.97. The Balaban J connectivity index is 1.46. The number of methoxy groups -OCH3 is 1. The van der Waals surface area contributed by atoms with Crippen molar-refractivity contribution in [2.24, 2.45) is 0 Å². The predicted molar refractivity (Wildman–Crippen MR) is 148 cm³/mol. The molecule has 0 aliphatic carbocycles. The number of nitrogens with one attached hydrogen (secondary N) is 2. The lowest BCUT2D eigenvalue weighted by atomic mass is 9.86. The van der Waals surface area contributed by atoms with Crippen molar-refractivity contribution >= 4 is 40.6 Å². The number of thiocarbonyl (C=S) groups is 1. The molecule has 0 saturated carbocycles. The molecule has 6 heteroatoms. The largest absolute Gasteiger partial charge is 0.497 e. The van der Waals surface area contributed by atoms with Crippen LogP contribution >= 0.6 is 24.0 Å². The molecular formula is C28H32N2O2S2. The summed E-state index contributed by atoms with van der Waals surface area (Å²) in [5.41, 5.74) is 3.37. The number of ketones is 1. The van der Waals surface area contributed by atoms with E-state index in [2.05, 4.69) is 43.5 Å². The Bertz CT molecular complexity index is 1100. The van der Waals surface area contributed by atoms with Gasteiger partial charge in [0.25, 0.3) is 0 Å². The standard InChI is InChI=1S/C28H32N2O2S2/c1-28(2,3)22-11-9-20(10-12-22)26(31)21-7-5-8-23(19-21)30-27(33)29-17-6-18-34-25-15-13-24(32-4)14-16-25/h5,7-16,19H,6,17-18H2,1-4H3,(H2,29,30,33). The molecule has 0 unspecified atom stereocenters. The van der Waals surface area contributed by atoms with Crippen LogP contribution in [0.15, 0.2) is 77.7 Å². The molecule has 3 rings (SSSR count). The number of anilines is 1. The van der Waals surface area contributed by atoms with E-state index in [0.29, 0.717) is 16.2 Å². The monoisotopic (exact) mass is 492 g/mol. The van der Waals surface area contributed by atoms with Crippen LogP contribution in [-0.2, 0) is 5.41 Å². The highest BCUT2D eigenvalue weighted by atomic mass is 32.2. The summed E-state index contributed by atoms with van der Waals surface area (Å²) in [6, 6.07) is 23.4. The lowest BCUT2D eigenvalue weighted by molar-refractivity contribution is 0.103. The molecule has 3 aromatic rings. The molecule has 0 saturated heterocycles. The van der Waals surface area contributed by atoms with Gasteiger partial charge in [0.05, 0.1) is 7.11 Å². The van der Waals surface area contributed by atoms with Gasteiger partial charge in [0.2, 0.25) is 0 Å². The second-order valence-electron chi connectivity index (χ2n) is 9.00. The van der Waals surface area contributed by atoms with Gasteiger partial charge in [-0.2, -0.15) is 0 Å². The second kappa shape index (κ2) is 12.0. The topological polar surface area (TPSA) is 50.4 Å². The molecule has 34 heavy (non-hydrogen) atoms. The SMILES string of the molecule is COc1ccc(SCCCNC(=S)Nc2cccc(C(=O)c3ccc(C(C)(C)C)cc3)c2)cc1. The van der Waals surface area contributed by atoms with E-state index in [1.807, 2.05) is 60.7 Å². The van der Waals surface area contributed by atoms with E-state index in [1.54, 1.807) is 18.9 Å². The average Bonchev–Trinajstić information content (AvgIpc) is 2.83. The van der Waals surface area contributed by atoms with Crippen LogP contribution in [0.3, 0.4) is 0 Å². The molecule has 0 radical (unpaired) electrons. The lowest BCUT2D eigenvalue weighted by Gasteiger charge is -2.19. The Hall–Kier alpha value is -2.83. The first-order valence-electron chi connectivity index (χ1n) is 11.3. The molecular weight excluding hydrogens is 460 g/mol. The Morgan fingerprint density at radius 1 is 0.971 bits per heavy atom. The maximum atomic E-state index is 13.0. The first kappa shape index (κ1) is 25.8. The van der Waals surface area contributed by atoms with Gasteiger partial charge in [0.15, 0.2) is 10.9 Å². The van der Waals surface area contributed by atoms with Crippen molar-refractivity contribution < 1.29 is 9.53 Å². The van der Waals surface area contributed by atoms with E-state index in [0.717, 1.165) is 30.2 Å². The minimum atomic E-state index is -0.00135. The summed E-state index contributed by atoms with van der Waals surface area (Å²) in [4.78, 5) is 14.2. The Labute approximate surface area is 212 Å². The van der Waals surface area contributed by atoms with Gasteiger partial charge >= 0.3 is 0 Å². The molecule has 2 N–H and O–H groups in total. The minimum Gasteiger partial charge on any atom is -0.497 e. The van der Waals surface area contributed by atoms with Crippen molar-refractivity contribution in [3.8, 4) is 5.75 Å². The number of hydrogen-bond acceptors (Lipinski definition) is 4. The summed E-state index contributed by atoms with van der Waals surface area (Å²) in [5.74, 6) is 1.85. The average molecular weight is 493 g/mol. The third kappa shape index (κ3) is 7.61. The fraction of sp³-hybridized carbons (Fsp3) is 0.286. The van der Waals surface area contributed by atoms with E-state index in [1.165, 1.54) is 10.5 Å². The molecule has 0 amide bonds. The number of carbonyl (C=O) groups excluding carboxylic acids is 1. The summed E-state index contributed by atoms with van der Waals surface area (Å²) < 4.78 is 5.19. The highest BCUT2D eigenvalue weighted by Crippen LogP contribution is 2.24. The van der Waals surface area contributed by atoms with Crippen LogP contribution in [0.4, 0.5) is 5.69 Å². The first-order valence-corrected chi connectivity index (χ1v) is 12.7. The Morgan fingerprint density at radius 3 is 2.32 bits per heavy atom. The minimum absolute atomic E-state index is 0.00135. The fourth-order valence-corrected chi connectivity index (χ4v) is 4.41.